The second-order valence-corrected chi connectivity index (χ2v) is 10.3. The van der Waals surface area contributed by atoms with Crippen molar-refractivity contribution < 1.29 is 19.4 Å². The summed E-state index contributed by atoms with van der Waals surface area (Å²) in [4.78, 5) is 21.8. The third-order valence-electron chi connectivity index (χ3n) is 6.89. The highest BCUT2D eigenvalue weighted by atomic mass is 35.5. The first-order chi connectivity index (χ1) is 18.3. The van der Waals surface area contributed by atoms with Crippen molar-refractivity contribution in [3.05, 3.63) is 63.7 Å². The van der Waals surface area contributed by atoms with Gasteiger partial charge in [0.2, 0.25) is 0 Å². The van der Waals surface area contributed by atoms with Gasteiger partial charge in [-0.1, -0.05) is 29.3 Å². The average Bonchev–Trinajstić information content (AvgIpc) is 3.22. The van der Waals surface area contributed by atoms with Gasteiger partial charge in [0, 0.05) is 45.3 Å². The molecule has 1 saturated heterocycles. The number of aryl methyl sites for hydroxylation is 1. The third kappa shape index (κ3) is 6.90. The Balaban J connectivity index is 0.00000220. The summed E-state index contributed by atoms with van der Waals surface area (Å²) in [5.41, 5.74) is 2.81. The maximum Gasteiger partial charge on any atom is 0.271 e. The fourth-order valence-electron chi connectivity index (χ4n) is 4.97. The van der Waals surface area contributed by atoms with E-state index in [1.165, 1.54) is 0 Å². The molecule has 1 atom stereocenters. The lowest BCUT2D eigenvalue weighted by Gasteiger charge is -2.37. The van der Waals surface area contributed by atoms with Crippen LogP contribution >= 0.6 is 48.0 Å². The molecule has 0 aliphatic carbocycles. The van der Waals surface area contributed by atoms with Crippen molar-refractivity contribution in [1.82, 2.24) is 19.8 Å². The van der Waals surface area contributed by atoms with Crippen molar-refractivity contribution in [2.24, 2.45) is 0 Å². The van der Waals surface area contributed by atoms with E-state index in [-0.39, 0.29) is 37.3 Å². The Morgan fingerprint density at radius 3 is 2.48 bits per heavy atom. The molecule has 2 aliphatic heterocycles. The van der Waals surface area contributed by atoms with E-state index >= 15 is 0 Å². The summed E-state index contributed by atoms with van der Waals surface area (Å²) in [6, 6.07) is 11.3. The molecule has 2 aromatic carbocycles. The van der Waals surface area contributed by atoms with Crippen LogP contribution in [0.15, 0.2) is 36.4 Å². The normalized spacial score (nSPS) is 15.6. The number of anilines is 1. The van der Waals surface area contributed by atoms with E-state index in [0.29, 0.717) is 58.5 Å². The second-order valence-electron chi connectivity index (χ2n) is 9.48. The molecule has 218 valence electrons. The molecule has 0 saturated carbocycles. The molecule has 5 rings (SSSR count). The van der Waals surface area contributed by atoms with Crippen LogP contribution in [-0.4, -0.2) is 84.1 Å². The molecular formula is C27H33Cl4N5O4. The second kappa shape index (κ2) is 14.0. The third-order valence-corrected chi connectivity index (χ3v) is 7.69. The van der Waals surface area contributed by atoms with Gasteiger partial charge < -0.3 is 29.4 Å². The molecule has 3 aromatic rings. The monoisotopic (exact) mass is 631 g/mol. The van der Waals surface area contributed by atoms with Gasteiger partial charge in [-0.05, 0) is 38.1 Å². The molecule has 40 heavy (non-hydrogen) atoms. The minimum atomic E-state index is -0.707. The Morgan fingerprint density at radius 2 is 1.75 bits per heavy atom. The van der Waals surface area contributed by atoms with Crippen LogP contribution in [0.5, 0.6) is 11.5 Å². The Hall–Kier alpha value is -2.40. The number of fused-ring (bicyclic) bond motifs is 1. The van der Waals surface area contributed by atoms with Crippen molar-refractivity contribution in [3.8, 4) is 17.2 Å². The van der Waals surface area contributed by atoms with Crippen LogP contribution in [0.1, 0.15) is 22.0 Å². The molecule has 1 fully saturated rings. The minimum absolute atomic E-state index is 0. The number of rotatable bonds is 7. The Kier molecular flexibility index (Phi) is 11.2. The number of amides is 1. The summed E-state index contributed by atoms with van der Waals surface area (Å²) in [6.45, 7) is 8.41. The summed E-state index contributed by atoms with van der Waals surface area (Å²) >= 11 is 12.5. The van der Waals surface area contributed by atoms with E-state index in [9.17, 15) is 9.90 Å². The number of halogens is 4. The lowest BCUT2D eigenvalue weighted by atomic mass is 10.2. The number of β-amino-alcohol motifs (C(OH)–C–C–N with tert-alkyl or cyclic N) is 1. The predicted octanol–water partition coefficient (Wildman–Crippen LogP) is 4.32. The van der Waals surface area contributed by atoms with Crippen molar-refractivity contribution in [2.45, 2.75) is 20.0 Å². The minimum Gasteiger partial charge on any atom is -0.486 e. The van der Waals surface area contributed by atoms with Crippen LogP contribution in [0.4, 0.5) is 5.69 Å². The van der Waals surface area contributed by atoms with E-state index in [0.717, 1.165) is 37.6 Å². The number of carbonyl (C=O) groups excluding carboxylic acids is 1. The van der Waals surface area contributed by atoms with Gasteiger partial charge in [0.05, 0.1) is 33.2 Å². The topological polar surface area (TPSA) is 92.1 Å². The molecule has 0 radical (unpaired) electrons. The van der Waals surface area contributed by atoms with Crippen molar-refractivity contribution in [3.63, 3.8) is 0 Å². The molecule has 2 N–H and O–H groups in total. The van der Waals surface area contributed by atoms with E-state index in [1.54, 1.807) is 6.07 Å². The summed E-state index contributed by atoms with van der Waals surface area (Å²) in [5, 5.41) is 14.6. The number of aromatic nitrogens is 2. The lowest BCUT2D eigenvalue weighted by molar-refractivity contribution is 0.0847. The molecule has 2 aliphatic rings. The van der Waals surface area contributed by atoms with Crippen LogP contribution in [0, 0.1) is 13.8 Å². The number of hydrogen-bond donors (Lipinski definition) is 2. The summed E-state index contributed by atoms with van der Waals surface area (Å²) in [7, 11) is 0. The Labute approximate surface area is 256 Å². The zero-order valence-corrected chi connectivity index (χ0v) is 25.4. The van der Waals surface area contributed by atoms with Gasteiger partial charge in [-0.2, -0.15) is 0 Å². The fraction of sp³-hybridized carbons (Fsp3) is 0.407. The van der Waals surface area contributed by atoms with Crippen LogP contribution in [-0.2, 0) is 0 Å². The largest absolute Gasteiger partial charge is 0.486 e. The van der Waals surface area contributed by atoms with Gasteiger partial charge in [0.15, 0.2) is 11.5 Å². The van der Waals surface area contributed by atoms with Gasteiger partial charge in [-0.25, -0.2) is 4.98 Å². The first-order valence-corrected chi connectivity index (χ1v) is 13.4. The maximum atomic E-state index is 13.0. The highest BCUT2D eigenvalue weighted by molar-refractivity contribution is 6.43. The van der Waals surface area contributed by atoms with Crippen LogP contribution in [0.25, 0.3) is 5.69 Å². The molecule has 0 bridgehead atoms. The number of benzene rings is 2. The molecule has 0 unspecified atom stereocenters. The van der Waals surface area contributed by atoms with Crippen LogP contribution < -0.4 is 19.7 Å². The molecule has 3 heterocycles. The highest BCUT2D eigenvalue weighted by Gasteiger charge is 2.24. The number of imidazole rings is 1. The first-order valence-electron chi connectivity index (χ1n) is 12.7. The van der Waals surface area contributed by atoms with E-state index < -0.39 is 6.10 Å². The SMILES string of the molecule is Cc1nc(C(=O)NC[C@@H](O)CN2CCN(c3cccc(Cl)c3Cl)CC2)c(C)n1-c1ccc2c(c1)OCCO2.Cl.Cl. The van der Waals surface area contributed by atoms with Crippen molar-refractivity contribution >= 4 is 59.6 Å². The Morgan fingerprint density at radius 1 is 1.05 bits per heavy atom. The number of nitrogens with one attached hydrogen (secondary N) is 1. The first kappa shape index (κ1) is 32.1. The highest BCUT2D eigenvalue weighted by Crippen LogP contribution is 2.34. The average molecular weight is 633 g/mol. The standard InChI is InChI=1S/C27H31Cl2N5O4.2ClH/c1-17-26(31-18(2)34(17)19-6-7-23-24(14-19)38-13-12-37-23)27(36)30-15-20(35)16-32-8-10-33(11-9-32)22-5-3-4-21(28)25(22)29;;/h3-7,14,20,35H,8-13,15-16H2,1-2H3,(H,30,36);2*1H/t20-;;/m1../s1. The van der Waals surface area contributed by atoms with Crippen LogP contribution in [0.2, 0.25) is 10.0 Å². The molecule has 9 nitrogen and oxygen atoms in total. The van der Waals surface area contributed by atoms with Gasteiger partial charge in [0.25, 0.3) is 5.91 Å². The van der Waals surface area contributed by atoms with Gasteiger partial charge in [0.1, 0.15) is 24.7 Å². The molecule has 0 spiro atoms. The van der Waals surface area contributed by atoms with Crippen LogP contribution in [0.3, 0.4) is 0 Å². The van der Waals surface area contributed by atoms with Gasteiger partial charge in [-0.15, -0.1) is 24.8 Å². The zero-order valence-electron chi connectivity index (χ0n) is 22.2. The Bertz CT molecular complexity index is 1330. The van der Waals surface area contributed by atoms with E-state index in [1.807, 2.05) is 48.7 Å². The van der Waals surface area contributed by atoms with E-state index in [2.05, 4.69) is 20.1 Å². The predicted molar refractivity (Wildman–Crippen MR) is 162 cm³/mol. The maximum absolute atomic E-state index is 13.0. The lowest BCUT2D eigenvalue weighted by Crippen LogP contribution is -2.50. The van der Waals surface area contributed by atoms with E-state index in [4.69, 9.17) is 32.7 Å². The zero-order chi connectivity index (χ0) is 26.8. The van der Waals surface area contributed by atoms with Crippen molar-refractivity contribution in [1.29, 1.82) is 0 Å². The number of nitrogens with zero attached hydrogens (tertiary/aromatic N) is 4. The quantitative estimate of drug-likeness (QED) is 0.401. The number of carbonyl (C=O) groups is 1. The molecule has 13 heteroatoms. The van der Waals surface area contributed by atoms with Gasteiger partial charge in [-0.3, -0.25) is 9.69 Å². The van der Waals surface area contributed by atoms with Gasteiger partial charge >= 0.3 is 0 Å². The summed E-state index contributed by atoms with van der Waals surface area (Å²) < 4.78 is 13.2. The number of hydrogen-bond acceptors (Lipinski definition) is 7. The summed E-state index contributed by atoms with van der Waals surface area (Å²) in [6.07, 6.45) is -0.707. The summed E-state index contributed by atoms with van der Waals surface area (Å²) in [5.74, 6) is 1.74. The number of ether oxygens (including phenoxy) is 2. The number of aliphatic hydroxyl groups is 1. The molecular weight excluding hydrogens is 600 g/mol. The fourth-order valence-corrected chi connectivity index (χ4v) is 5.39. The molecule has 1 aromatic heterocycles. The smallest absolute Gasteiger partial charge is 0.271 e. The van der Waals surface area contributed by atoms with Crippen molar-refractivity contribution in [2.75, 3.05) is 57.4 Å². The number of aliphatic hydroxyl groups excluding tert-OH is 1. The molecule has 1 amide bonds. The number of piperazine rings is 1.